The summed E-state index contributed by atoms with van der Waals surface area (Å²) in [5.74, 6) is 0. The number of H-pyrrole nitrogens is 1. The van der Waals surface area contributed by atoms with Crippen molar-refractivity contribution in [1.29, 1.82) is 0 Å². The molecule has 0 spiro atoms. The van der Waals surface area contributed by atoms with E-state index in [9.17, 15) is 8.42 Å². The van der Waals surface area contributed by atoms with Crippen molar-refractivity contribution in [1.82, 2.24) is 9.29 Å². The van der Waals surface area contributed by atoms with Gasteiger partial charge < -0.3 is 4.98 Å². The maximum Gasteiger partial charge on any atom is 0.243 e. The molecule has 1 unspecified atom stereocenters. The van der Waals surface area contributed by atoms with Gasteiger partial charge in [0.05, 0.1) is 4.90 Å². The summed E-state index contributed by atoms with van der Waals surface area (Å²) in [4.78, 5) is 3.70. The summed E-state index contributed by atoms with van der Waals surface area (Å²) in [6.07, 6.45) is 4.58. The van der Waals surface area contributed by atoms with Crippen LogP contribution in [0.25, 0.3) is 10.9 Å². The van der Waals surface area contributed by atoms with Crippen LogP contribution in [0.4, 0.5) is 0 Å². The summed E-state index contributed by atoms with van der Waals surface area (Å²) in [6.45, 7) is 4.56. The normalized spacial score (nSPS) is 18.6. The van der Waals surface area contributed by atoms with Gasteiger partial charge in [-0.3, -0.25) is 0 Å². The van der Waals surface area contributed by atoms with Crippen LogP contribution in [0.2, 0.25) is 0 Å². The Morgan fingerprint density at radius 3 is 2.73 bits per heavy atom. The van der Waals surface area contributed by atoms with Gasteiger partial charge >= 0.3 is 0 Å². The molecule has 0 amide bonds. The van der Waals surface area contributed by atoms with E-state index < -0.39 is 10.0 Å². The van der Waals surface area contributed by atoms with Crippen LogP contribution in [-0.4, -0.2) is 30.3 Å². The Labute approximate surface area is 154 Å². The molecule has 0 saturated carbocycles. The number of fused-ring (bicyclic) bond motifs is 1. The number of sulfonamides is 1. The molecule has 1 aliphatic heterocycles. The van der Waals surface area contributed by atoms with Crippen LogP contribution in [-0.2, 0) is 16.4 Å². The molecule has 136 valence electrons. The second-order valence-corrected chi connectivity index (χ2v) is 9.11. The van der Waals surface area contributed by atoms with Gasteiger partial charge in [-0.15, -0.1) is 0 Å². The highest BCUT2D eigenvalue weighted by atomic mass is 32.2. The lowest BCUT2D eigenvalue weighted by Crippen LogP contribution is -2.36. The molecular formula is C21H24N2O2S. The van der Waals surface area contributed by atoms with E-state index in [1.807, 2.05) is 38.2 Å². The molecule has 5 heteroatoms. The fraction of sp³-hybridized carbons (Fsp3) is 0.333. The van der Waals surface area contributed by atoms with Gasteiger partial charge in [-0.25, -0.2) is 8.42 Å². The molecule has 1 atom stereocenters. The van der Waals surface area contributed by atoms with E-state index in [0.717, 1.165) is 35.9 Å². The summed E-state index contributed by atoms with van der Waals surface area (Å²) in [5, 5.41) is 1.18. The third-order valence-electron chi connectivity index (χ3n) is 5.54. The van der Waals surface area contributed by atoms with Gasteiger partial charge in [0.1, 0.15) is 0 Å². The average Bonchev–Trinajstić information content (AvgIpc) is 3.25. The molecule has 1 saturated heterocycles. The maximum atomic E-state index is 13.2. The molecule has 1 fully saturated rings. The lowest BCUT2D eigenvalue weighted by molar-refractivity contribution is 0.386. The molecule has 4 nitrogen and oxygen atoms in total. The number of rotatable bonds is 4. The van der Waals surface area contributed by atoms with Crippen molar-refractivity contribution in [2.75, 3.05) is 6.54 Å². The van der Waals surface area contributed by atoms with Gasteiger partial charge in [-0.1, -0.05) is 24.3 Å². The van der Waals surface area contributed by atoms with E-state index in [0.29, 0.717) is 11.4 Å². The van der Waals surface area contributed by atoms with Crippen molar-refractivity contribution in [3.63, 3.8) is 0 Å². The van der Waals surface area contributed by atoms with E-state index in [4.69, 9.17) is 0 Å². The minimum atomic E-state index is -3.46. The molecule has 0 aliphatic carbocycles. The summed E-state index contributed by atoms with van der Waals surface area (Å²) in [5.41, 5.74) is 4.41. The van der Waals surface area contributed by atoms with Crippen molar-refractivity contribution in [2.45, 2.75) is 44.0 Å². The SMILES string of the molecule is Cc1ccc(S(=O)(=O)N2CCCC2Cc2c[nH]c3ccccc23)cc1C. The molecular weight excluding hydrogens is 344 g/mol. The van der Waals surface area contributed by atoms with Crippen LogP contribution in [0, 0.1) is 13.8 Å². The third kappa shape index (κ3) is 2.95. The van der Waals surface area contributed by atoms with Crippen LogP contribution in [0.15, 0.2) is 53.6 Å². The minimum Gasteiger partial charge on any atom is -0.361 e. The first-order valence-corrected chi connectivity index (χ1v) is 10.5. The quantitative estimate of drug-likeness (QED) is 0.751. The van der Waals surface area contributed by atoms with Crippen molar-refractivity contribution >= 4 is 20.9 Å². The summed E-state index contributed by atoms with van der Waals surface area (Å²) in [6, 6.07) is 13.6. The number of para-hydroxylation sites is 1. The predicted octanol–water partition coefficient (Wildman–Crippen LogP) is 4.18. The monoisotopic (exact) mass is 368 g/mol. The number of nitrogens with zero attached hydrogens (tertiary/aromatic N) is 1. The number of nitrogens with one attached hydrogen (secondary N) is 1. The van der Waals surface area contributed by atoms with Gasteiger partial charge in [0.25, 0.3) is 0 Å². The van der Waals surface area contributed by atoms with Crippen LogP contribution >= 0.6 is 0 Å². The van der Waals surface area contributed by atoms with Crippen LogP contribution < -0.4 is 0 Å². The highest BCUT2D eigenvalue weighted by Gasteiger charge is 2.35. The Bertz CT molecular complexity index is 1050. The van der Waals surface area contributed by atoms with Gasteiger partial charge in [0.15, 0.2) is 0 Å². The molecule has 4 rings (SSSR count). The minimum absolute atomic E-state index is 0.0146. The first-order chi connectivity index (χ1) is 12.5. The summed E-state index contributed by atoms with van der Waals surface area (Å²) >= 11 is 0. The summed E-state index contributed by atoms with van der Waals surface area (Å²) in [7, 11) is -3.46. The van der Waals surface area contributed by atoms with Crippen molar-refractivity contribution in [3.05, 3.63) is 65.4 Å². The number of aromatic amines is 1. The van der Waals surface area contributed by atoms with E-state index >= 15 is 0 Å². The number of hydrogen-bond acceptors (Lipinski definition) is 2. The zero-order valence-corrected chi connectivity index (χ0v) is 16.0. The summed E-state index contributed by atoms with van der Waals surface area (Å²) < 4.78 is 28.1. The molecule has 0 radical (unpaired) electrons. The fourth-order valence-corrected chi connectivity index (χ4v) is 5.67. The van der Waals surface area contributed by atoms with Crippen LogP contribution in [0.3, 0.4) is 0 Å². The Morgan fingerprint density at radius 2 is 1.92 bits per heavy atom. The van der Waals surface area contributed by atoms with Gasteiger partial charge in [-0.2, -0.15) is 4.31 Å². The zero-order chi connectivity index (χ0) is 18.3. The molecule has 1 aliphatic rings. The highest BCUT2D eigenvalue weighted by Crippen LogP contribution is 2.30. The Morgan fingerprint density at radius 1 is 1.12 bits per heavy atom. The predicted molar refractivity (Wildman–Crippen MR) is 105 cm³/mol. The fourth-order valence-electron chi connectivity index (χ4n) is 3.89. The number of aromatic nitrogens is 1. The second-order valence-electron chi connectivity index (χ2n) is 7.22. The smallest absolute Gasteiger partial charge is 0.243 e. The molecule has 1 N–H and O–H groups in total. The second kappa shape index (κ2) is 6.56. The molecule has 2 aromatic carbocycles. The molecule has 26 heavy (non-hydrogen) atoms. The average molecular weight is 369 g/mol. The lowest BCUT2D eigenvalue weighted by atomic mass is 10.0. The highest BCUT2D eigenvalue weighted by molar-refractivity contribution is 7.89. The topological polar surface area (TPSA) is 53.2 Å². The first kappa shape index (κ1) is 17.3. The van der Waals surface area contributed by atoms with Crippen molar-refractivity contribution < 1.29 is 8.42 Å². The number of hydrogen-bond donors (Lipinski definition) is 1. The maximum absolute atomic E-state index is 13.2. The van der Waals surface area contributed by atoms with Crippen molar-refractivity contribution in [2.24, 2.45) is 0 Å². The third-order valence-corrected chi connectivity index (χ3v) is 7.49. The zero-order valence-electron chi connectivity index (χ0n) is 15.2. The first-order valence-electron chi connectivity index (χ1n) is 9.11. The molecule has 3 aromatic rings. The molecule has 0 bridgehead atoms. The van der Waals surface area contributed by atoms with E-state index in [1.165, 1.54) is 10.9 Å². The number of benzene rings is 2. The van der Waals surface area contributed by atoms with Crippen molar-refractivity contribution in [3.8, 4) is 0 Å². The van der Waals surface area contributed by atoms with Crippen LogP contribution in [0.5, 0.6) is 0 Å². The van der Waals surface area contributed by atoms with Gasteiger partial charge in [-0.05, 0) is 68.0 Å². The van der Waals surface area contributed by atoms with Gasteiger partial charge in [0, 0.05) is 29.7 Å². The lowest BCUT2D eigenvalue weighted by Gasteiger charge is -2.24. The van der Waals surface area contributed by atoms with Crippen LogP contribution in [0.1, 0.15) is 29.5 Å². The van der Waals surface area contributed by atoms with E-state index in [2.05, 4.69) is 17.1 Å². The largest absolute Gasteiger partial charge is 0.361 e. The Kier molecular flexibility index (Phi) is 4.37. The Hall–Kier alpha value is -2.11. The Balaban J connectivity index is 1.64. The van der Waals surface area contributed by atoms with E-state index in [-0.39, 0.29) is 6.04 Å². The molecule has 1 aromatic heterocycles. The van der Waals surface area contributed by atoms with E-state index in [1.54, 1.807) is 16.4 Å². The molecule has 2 heterocycles. The van der Waals surface area contributed by atoms with Gasteiger partial charge in [0.2, 0.25) is 10.0 Å². The number of aryl methyl sites for hydroxylation is 2. The standard InChI is InChI=1S/C21H24N2O2S/c1-15-9-10-19(12-16(15)2)26(24,25)23-11-5-6-18(23)13-17-14-22-21-8-4-3-7-20(17)21/h3-4,7-10,12,14,18,22H,5-6,11,13H2,1-2H3.